The summed E-state index contributed by atoms with van der Waals surface area (Å²) in [4.78, 5) is 15.4. The molecule has 2 heterocycles. The lowest BCUT2D eigenvalue weighted by Crippen LogP contribution is -2.27. The Labute approximate surface area is 239 Å². The zero-order valence-electron chi connectivity index (χ0n) is 20.6. The minimum Gasteiger partial charge on any atom is -0.490 e. The zero-order chi connectivity index (χ0) is 26.6. The normalized spacial score (nSPS) is 15.3. The van der Waals surface area contributed by atoms with E-state index in [2.05, 4.69) is 22.5 Å². The Morgan fingerprint density at radius 3 is 2.66 bits per heavy atom. The highest BCUT2D eigenvalue weighted by Crippen LogP contribution is 2.42. The average Bonchev–Trinajstić information content (AvgIpc) is 3.48. The van der Waals surface area contributed by atoms with E-state index in [-0.39, 0.29) is 12.7 Å². The van der Waals surface area contributed by atoms with E-state index in [0.717, 1.165) is 21.2 Å². The van der Waals surface area contributed by atoms with Gasteiger partial charge in [0, 0.05) is 16.1 Å². The van der Waals surface area contributed by atoms with E-state index in [1.807, 2.05) is 55.5 Å². The molecule has 194 valence electrons. The standard InChI is InChI=1S/C29H24BrNO5S2/c1-3-5-20-12-19(13-25(33-4-2)27(20)34-16-18-6-8-21(30)9-7-18)14-26-28(32)31(29(37)38-26)22-10-11-23-24(15-22)36-17-35-23/h3,6-15H,1,4-5,16-17H2,2H3/b26-14-. The van der Waals surface area contributed by atoms with E-state index >= 15 is 0 Å². The largest absolute Gasteiger partial charge is 0.490 e. The number of amides is 1. The molecule has 0 aromatic heterocycles. The predicted molar refractivity (Wildman–Crippen MR) is 158 cm³/mol. The molecule has 0 radical (unpaired) electrons. The molecule has 0 atom stereocenters. The summed E-state index contributed by atoms with van der Waals surface area (Å²) >= 11 is 10.3. The van der Waals surface area contributed by atoms with Crippen molar-refractivity contribution in [3.63, 3.8) is 0 Å². The van der Waals surface area contributed by atoms with E-state index in [9.17, 15) is 4.79 Å². The Kier molecular flexibility index (Phi) is 8.06. The summed E-state index contributed by atoms with van der Waals surface area (Å²) in [7, 11) is 0. The fourth-order valence-corrected chi connectivity index (χ4v) is 5.67. The number of thiocarbonyl (C=S) groups is 1. The molecule has 1 fully saturated rings. The minimum atomic E-state index is -0.197. The molecule has 9 heteroatoms. The molecule has 5 rings (SSSR count). The van der Waals surface area contributed by atoms with Gasteiger partial charge in [0.1, 0.15) is 6.61 Å². The maximum atomic E-state index is 13.4. The third-order valence-corrected chi connectivity index (χ3v) is 7.65. The number of thioether (sulfide) groups is 1. The lowest BCUT2D eigenvalue weighted by molar-refractivity contribution is -0.113. The van der Waals surface area contributed by atoms with E-state index < -0.39 is 0 Å². The molecule has 0 saturated carbocycles. The number of rotatable bonds is 9. The molecular weight excluding hydrogens is 586 g/mol. The molecule has 3 aromatic carbocycles. The molecule has 38 heavy (non-hydrogen) atoms. The number of carbonyl (C=O) groups is 1. The molecule has 0 bridgehead atoms. The van der Waals surface area contributed by atoms with Crippen LogP contribution in [-0.4, -0.2) is 23.6 Å². The van der Waals surface area contributed by atoms with Crippen molar-refractivity contribution >= 4 is 61.9 Å². The van der Waals surface area contributed by atoms with Gasteiger partial charge in [0.2, 0.25) is 6.79 Å². The first-order chi connectivity index (χ1) is 18.5. The lowest BCUT2D eigenvalue weighted by Gasteiger charge is -2.17. The van der Waals surface area contributed by atoms with Crippen LogP contribution in [-0.2, 0) is 17.8 Å². The SMILES string of the molecule is C=CCc1cc(/C=C2\SC(=S)N(c3ccc4c(c3)OCO4)C2=O)cc(OCC)c1OCc1ccc(Br)cc1. The maximum Gasteiger partial charge on any atom is 0.270 e. The Morgan fingerprint density at radius 2 is 1.89 bits per heavy atom. The summed E-state index contributed by atoms with van der Waals surface area (Å²) in [6, 6.07) is 17.2. The molecule has 1 saturated heterocycles. The number of hydrogen-bond acceptors (Lipinski definition) is 7. The van der Waals surface area contributed by atoms with Gasteiger partial charge in [-0.15, -0.1) is 6.58 Å². The molecule has 0 spiro atoms. The van der Waals surface area contributed by atoms with Gasteiger partial charge in [-0.25, -0.2) is 0 Å². The molecule has 2 aliphatic rings. The van der Waals surface area contributed by atoms with E-state index in [4.69, 9.17) is 31.2 Å². The highest BCUT2D eigenvalue weighted by atomic mass is 79.9. The smallest absolute Gasteiger partial charge is 0.270 e. The summed E-state index contributed by atoms with van der Waals surface area (Å²) in [5, 5.41) is 0. The number of hydrogen-bond donors (Lipinski definition) is 0. The predicted octanol–water partition coefficient (Wildman–Crippen LogP) is 7.29. The quantitative estimate of drug-likeness (QED) is 0.143. The number of anilines is 1. The van der Waals surface area contributed by atoms with Crippen molar-refractivity contribution in [1.29, 1.82) is 0 Å². The van der Waals surface area contributed by atoms with Gasteiger partial charge < -0.3 is 18.9 Å². The van der Waals surface area contributed by atoms with Gasteiger partial charge in [-0.2, -0.15) is 0 Å². The van der Waals surface area contributed by atoms with Crippen molar-refractivity contribution < 1.29 is 23.7 Å². The number of ether oxygens (including phenoxy) is 4. The number of fused-ring (bicyclic) bond motifs is 1. The molecule has 6 nitrogen and oxygen atoms in total. The van der Waals surface area contributed by atoms with Crippen molar-refractivity contribution in [3.05, 3.63) is 93.3 Å². The Balaban J connectivity index is 1.44. The molecule has 0 aliphatic carbocycles. The molecule has 2 aliphatic heterocycles. The Hall–Kier alpha value is -3.27. The fourth-order valence-electron chi connectivity index (χ4n) is 4.10. The zero-order valence-corrected chi connectivity index (χ0v) is 23.8. The first-order valence-electron chi connectivity index (χ1n) is 11.9. The summed E-state index contributed by atoms with van der Waals surface area (Å²) in [6.45, 7) is 6.86. The molecule has 0 unspecified atom stereocenters. The number of nitrogens with zero attached hydrogens (tertiary/aromatic N) is 1. The summed E-state index contributed by atoms with van der Waals surface area (Å²) in [5.41, 5.74) is 3.41. The van der Waals surface area contributed by atoms with E-state index in [1.165, 1.54) is 16.7 Å². The van der Waals surface area contributed by atoms with Crippen LogP contribution in [0.4, 0.5) is 5.69 Å². The number of benzene rings is 3. The first kappa shape index (κ1) is 26.3. The van der Waals surface area contributed by atoms with Gasteiger partial charge in [-0.1, -0.05) is 58.1 Å². The number of carbonyl (C=O) groups excluding carboxylic acids is 1. The van der Waals surface area contributed by atoms with Crippen LogP contribution >= 0.6 is 39.9 Å². The lowest BCUT2D eigenvalue weighted by atomic mass is 10.0. The van der Waals surface area contributed by atoms with Gasteiger partial charge in [-0.3, -0.25) is 9.69 Å². The maximum absolute atomic E-state index is 13.4. The molecule has 0 N–H and O–H groups in total. The second-order valence-electron chi connectivity index (χ2n) is 8.40. The van der Waals surface area contributed by atoms with Crippen LogP contribution in [0.3, 0.4) is 0 Å². The van der Waals surface area contributed by atoms with Gasteiger partial charge >= 0.3 is 0 Å². The van der Waals surface area contributed by atoms with Crippen molar-refractivity contribution in [2.75, 3.05) is 18.3 Å². The fraction of sp³-hybridized carbons (Fsp3) is 0.172. The second-order valence-corrected chi connectivity index (χ2v) is 11.0. The van der Waals surface area contributed by atoms with Crippen LogP contribution in [0.2, 0.25) is 0 Å². The summed E-state index contributed by atoms with van der Waals surface area (Å²) in [6.07, 6.45) is 4.23. The van der Waals surface area contributed by atoms with Crippen LogP contribution in [0.1, 0.15) is 23.6 Å². The Morgan fingerprint density at radius 1 is 1.11 bits per heavy atom. The summed E-state index contributed by atoms with van der Waals surface area (Å²) < 4.78 is 24.5. The Bertz CT molecular complexity index is 1440. The van der Waals surface area contributed by atoms with E-state index in [1.54, 1.807) is 18.2 Å². The molecule has 3 aromatic rings. The van der Waals surface area contributed by atoms with Crippen molar-refractivity contribution in [1.82, 2.24) is 0 Å². The second kappa shape index (κ2) is 11.6. The highest BCUT2D eigenvalue weighted by molar-refractivity contribution is 9.10. The van der Waals surface area contributed by atoms with Gasteiger partial charge in [-0.05, 0) is 66.9 Å². The number of allylic oxidation sites excluding steroid dienone is 1. The van der Waals surface area contributed by atoms with Crippen LogP contribution in [0.25, 0.3) is 6.08 Å². The third-order valence-electron chi connectivity index (χ3n) is 5.82. The number of halogens is 1. The average molecular weight is 611 g/mol. The van der Waals surface area contributed by atoms with E-state index in [0.29, 0.717) is 57.5 Å². The van der Waals surface area contributed by atoms with Crippen LogP contribution < -0.4 is 23.8 Å². The van der Waals surface area contributed by atoms with Crippen LogP contribution in [0.5, 0.6) is 23.0 Å². The van der Waals surface area contributed by atoms with Gasteiger partial charge in [0.25, 0.3) is 5.91 Å². The van der Waals surface area contributed by atoms with Crippen LogP contribution in [0.15, 0.2) is 76.6 Å². The summed E-state index contributed by atoms with van der Waals surface area (Å²) in [5.74, 6) is 2.32. The van der Waals surface area contributed by atoms with Crippen molar-refractivity contribution in [3.8, 4) is 23.0 Å². The molecule has 1 amide bonds. The van der Waals surface area contributed by atoms with Gasteiger partial charge in [0.05, 0.1) is 17.2 Å². The minimum absolute atomic E-state index is 0.162. The first-order valence-corrected chi connectivity index (χ1v) is 13.9. The van der Waals surface area contributed by atoms with Crippen molar-refractivity contribution in [2.24, 2.45) is 0 Å². The van der Waals surface area contributed by atoms with Crippen LogP contribution in [0, 0.1) is 0 Å². The van der Waals surface area contributed by atoms with Gasteiger partial charge in [0.15, 0.2) is 27.3 Å². The van der Waals surface area contributed by atoms with Crippen molar-refractivity contribution in [2.45, 2.75) is 20.0 Å². The third kappa shape index (κ3) is 5.60. The monoisotopic (exact) mass is 609 g/mol. The highest BCUT2D eigenvalue weighted by Gasteiger charge is 2.34. The topological polar surface area (TPSA) is 57.2 Å². The molecular formula is C29H24BrNO5S2.